The normalized spacial score (nSPS) is 11.0. The summed E-state index contributed by atoms with van der Waals surface area (Å²) in [5.74, 6) is 0.977. The number of rotatable bonds is 5. The fourth-order valence-electron chi connectivity index (χ4n) is 3.05. The van der Waals surface area contributed by atoms with Gasteiger partial charge < -0.3 is 14.3 Å². The first-order valence-electron chi connectivity index (χ1n) is 8.91. The van der Waals surface area contributed by atoms with Crippen molar-refractivity contribution in [1.82, 2.24) is 14.8 Å². The van der Waals surface area contributed by atoms with Crippen molar-refractivity contribution in [1.29, 1.82) is 0 Å². The molecule has 1 amide bonds. The molecule has 2 heterocycles. The number of anilines is 1. The van der Waals surface area contributed by atoms with Gasteiger partial charge in [0.15, 0.2) is 0 Å². The minimum absolute atomic E-state index is 0.0917. The van der Waals surface area contributed by atoms with E-state index in [0.29, 0.717) is 18.2 Å². The zero-order valence-corrected chi connectivity index (χ0v) is 15.3. The number of amides is 1. The Morgan fingerprint density at radius 1 is 1.11 bits per heavy atom. The fraction of sp³-hybridized carbons (Fsp3) is 0.190. The molecule has 0 aliphatic carbocycles. The van der Waals surface area contributed by atoms with Crippen LogP contribution in [0.1, 0.15) is 18.4 Å². The van der Waals surface area contributed by atoms with Crippen LogP contribution in [0.3, 0.4) is 0 Å². The van der Waals surface area contributed by atoms with Crippen LogP contribution in [-0.4, -0.2) is 20.7 Å². The van der Waals surface area contributed by atoms with Gasteiger partial charge in [0.25, 0.3) is 0 Å². The van der Waals surface area contributed by atoms with Crippen LogP contribution in [0.25, 0.3) is 22.4 Å². The quantitative estimate of drug-likeness (QED) is 0.579. The molecule has 0 bridgehead atoms. The Morgan fingerprint density at radius 3 is 2.63 bits per heavy atom. The monoisotopic (exact) mass is 360 g/mol. The number of para-hydroxylation sites is 1. The minimum Gasteiger partial charge on any atom is -0.421 e. The zero-order valence-electron chi connectivity index (χ0n) is 15.3. The Balaban J connectivity index is 1.63. The van der Waals surface area contributed by atoms with Crippen LogP contribution in [0.15, 0.2) is 59.1 Å². The summed E-state index contributed by atoms with van der Waals surface area (Å²) in [6.07, 6.45) is 2.58. The molecule has 27 heavy (non-hydrogen) atoms. The van der Waals surface area contributed by atoms with Crippen molar-refractivity contribution in [2.45, 2.75) is 26.8 Å². The van der Waals surface area contributed by atoms with Gasteiger partial charge in [0.05, 0.1) is 5.56 Å². The third-order valence-corrected chi connectivity index (χ3v) is 4.44. The molecule has 0 fully saturated rings. The third kappa shape index (κ3) is 3.46. The molecule has 0 spiro atoms. The molecular weight excluding hydrogens is 340 g/mol. The molecule has 6 heteroatoms. The van der Waals surface area contributed by atoms with Crippen LogP contribution in [0.4, 0.5) is 5.69 Å². The number of nitrogens with one attached hydrogen (secondary N) is 1. The summed E-state index contributed by atoms with van der Waals surface area (Å²) in [7, 11) is 0. The second-order valence-corrected chi connectivity index (χ2v) is 6.46. The summed E-state index contributed by atoms with van der Waals surface area (Å²) < 4.78 is 7.62. The number of aromatic nitrogens is 3. The predicted molar refractivity (Wildman–Crippen MR) is 104 cm³/mol. The molecule has 0 atom stereocenters. The molecule has 4 aromatic rings. The summed E-state index contributed by atoms with van der Waals surface area (Å²) in [5.41, 5.74) is 3.72. The molecule has 4 rings (SSSR count). The lowest BCUT2D eigenvalue weighted by atomic mass is 10.2. The van der Waals surface area contributed by atoms with E-state index in [-0.39, 0.29) is 12.5 Å². The Labute approximate surface area is 156 Å². The molecule has 0 saturated heterocycles. The van der Waals surface area contributed by atoms with Gasteiger partial charge in [-0.15, -0.1) is 10.2 Å². The van der Waals surface area contributed by atoms with Gasteiger partial charge in [-0.25, -0.2) is 0 Å². The molecule has 6 nitrogen and oxygen atoms in total. The lowest BCUT2D eigenvalue weighted by molar-refractivity contribution is -0.116. The molecule has 0 unspecified atom stereocenters. The number of aryl methyl sites for hydroxylation is 2. The highest BCUT2D eigenvalue weighted by Crippen LogP contribution is 2.30. The van der Waals surface area contributed by atoms with E-state index < -0.39 is 0 Å². The van der Waals surface area contributed by atoms with E-state index >= 15 is 0 Å². The van der Waals surface area contributed by atoms with Gasteiger partial charge in [0.1, 0.15) is 6.54 Å². The summed E-state index contributed by atoms with van der Waals surface area (Å²) in [6.45, 7) is 4.18. The summed E-state index contributed by atoms with van der Waals surface area (Å²) >= 11 is 0. The standard InChI is InChI=1S/C21H20N4O2/c1-3-20-23-24-21(27-20)17-12-25(18-7-5-4-6-16(17)18)13-19(26)22-15-10-8-14(2)9-11-15/h4-12H,3,13H2,1-2H3,(H,22,26). The lowest BCUT2D eigenvalue weighted by Crippen LogP contribution is -2.18. The van der Waals surface area contributed by atoms with Crippen LogP contribution in [0.5, 0.6) is 0 Å². The molecule has 136 valence electrons. The predicted octanol–water partition coefficient (Wildman–Crippen LogP) is 4.20. The minimum atomic E-state index is -0.0917. The first-order chi connectivity index (χ1) is 13.1. The molecule has 0 radical (unpaired) electrons. The van der Waals surface area contributed by atoms with Crippen molar-refractivity contribution >= 4 is 22.5 Å². The fourth-order valence-corrected chi connectivity index (χ4v) is 3.05. The van der Waals surface area contributed by atoms with E-state index in [1.807, 2.05) is 73.1 Å². The first-order valence-corrected chi connectivity index (χ1v) is 8.91. The maximum Gasteiger partial charge on any atom is 0.249 e. The molecule has 1 N–H and O–H groups in total. The molecule has 2 aromatic heterocycles. The Bertz CT molecular complexity index is 1090. The number of benzene rings is 2. The van der Waals surface area contributed by atoms with Gasteiger partial charge in [-0.1, -0.05) is 42.8 Å². The van der Waals surface area contributed by atoms with E-state index in [0.717, 1.165) is 27.7 Å². The van der Waals surface area contributed by atoms with Gasteiger partial charge >= 0.3 is 0 Å². The molecular formula is C21H20N4O2. The summed E-state index contributed by atoms with van der Waals surface area (Å²) in [4.78, 5) is 12.5. The first kappa shape index (κ1) is 17.0. The number of hydrogen-bond acceptors (Lipinski definition) is 4. The molecule has 2 aromatic carbocycles. The van der Waals surface area contributed by atoms with Crippen LogP contribution < -0.4 is 5.32 Å². The topological polar surface area (TPSA) is 73.0 Å². The van der Waals surface area contributed by atoms with Gasteiger partial charge in [-0.05, 0) is 25.1 Å². The smallest absolute Gasteiger partial charge is 0.249 e. The highest BCUT2D eigenvalue weighted by Gasteiger charge is 2.16. The van der Waals surface area contributed by atoms with E-state index in [4.69, 9.17) is 4.42 Å². The molecule has 0 aliphatic rings. The summed E-state index contributed by atoms with van der Waals surface area (Å²) in [5, 5.41) is 12.1. The Hall–Kier alpha value is -3.41. The van der Waals surface area contributed by atoms with Crippen LogP contribution >= 0.6 is 0 Å². The highest BCUT2D eigenvalue weighted by molar-refractivity contribution is 5.96. The van der Waals surface area contributed by atoms with Crippen molar-refractivity contribution in [3.05, 3.63) is 66.2 Å². The number of hydrogen-bond donors (Lipinski definition) is 1. The average molecular weight is 360 g/mol. The second kappa shape index (κ2) is 7.07. The number of carbonyl (C=O) groups excluding carboxylic acids is 1. The van der Waals surface area contributed by atoms with Gasteiger partial charge in [0, 0.05) is 29.2 Å². The van der Waals surface area contributed by atoms with Crippen molar-refractivity contribution in [3.8, 4) is 11.5 Å². The summed E-state index contributed by atoms with van der Waals surface area (Å²) in [6, 6.07) is 15.6. The van der Waals surface area contributed by atoms with Crippen molar-refractivity contribution < 1.29 is 9.21 Å². The second-order valence-electron chi connectivity index (χ2n) is 6.46. The largest absolute Gasteiger partial charge is 0.421 e. The van der Waals surface area contributed by atoms with E-state index in [2.05, 4.69) is 15.5 Å². The van der Waals surface area contributed by atoms with Crippen LogP contribution in [0.2, 0.25) is 0 Å². The van der Waals surface area contributed by atoms with Crippen molar-refractivity contribution in [3.63, 3.8) is 0 Å². The zero-order chi connectivity index (χ0) is 18.8. The molecule has 0 aliphatic heterocycles. The van der Waals surface area contributed by atoms with Crippen LogP contribution in [0, 0.1) is 6.92 Å². The maximum atomic E-state index is 12.5. The van der Waals surface area contributed by atoms with Crippen molar-refractivity contribution in [2.24, 2.45) is 0 Å². The van der Waals surface area contributed by atoms with Gasteiger partial charge in [-0.3, -0.25) is 4.79 Å². The highest BCUT2D eigenvalue weighted by atomic mass is 16.4. The van der Waals surface area contributed by atoms with Crippen LogP contribution in [-0.2, 0) is 17.8 Å². The van der Waals surface area contributed by atoms with Gasteiger partial charge in [0.2, 0.25) is 17.7 Å². The maximum absolute atomic E-state index is 12.5. The Kier molecular flexibility index (Phi) is 4.46. The van der Waals surface area contributed by atoms with Gasteiger partial charge in [-0.2, -0.15) is 0 Å². The van der Waals surface area contributed by atoms with E-state index in [1.165, 1.54) is 0 Å². The van der Waals surface area contributed by atoms with E-state index in [9.17, 15) is 4.79 Å². The van der Waals surface area contributed by atoms with Crippen molar-refractivity contribution in [2.75, 3.05) is 5.32 Å². The number of fused-ring (bicyclic) bond motifs is 1. The van der Waals surface area contributed by atoms with E-state index in [1.54, 1.807) is 0 Å². The number of nitrogens with zero attached hydrogens (tertiary/aromatic N) is 3. The third-order valence-electron chi connectivity index (χ3n) is 4.44. The Morgan fingerprint density at radius 2 is 1.89 bits per heavy atom. The molecule has 0 saturated carbocycles. The number of carbonyl (C=O) groups is 1. The lowest BCUT2D eigenvalue weighted by Gasteiger charge is -2.07. The average Bonchev–Trinajstić information content (AvgIpc) is 3.29. The SMILES string of the molecule is CCc1nnc(-c2cn(CC(=O)Nc3ccc(C)cc3)c3ccccc23)o1.